The van der Waals surface area contributed by atoms with Crippen LogP contribution in [0.15, 0.2) is 30.5 Å². The number of hydrogen-bond donors (Lipinski definition) is 4. The highest BCUT2D eigenvalue weighted by Gasteiger charge is 2.53. The molecule has 0 aliphatic carbocycles. The number of hydrogen-bond acceptors (Lipinski definition) is 9. The second-order valence-corrected chi connectivity index (χ2v) is 9.95. The molecule has 13 heteroatoms. The van der Waals surface area contributed by atoms with Crippen LogP contribution in [0.25, 0.3) is 10.8 Å². The van der Waals surface area contributed by atoms with E-state index in [1.54, 1.807) is 25.1 Å². The molecule has 1 aromatic carbocycles. The molecule has 33 heavy (non-hydrogen) atoms. The minimum Gasteiger partial charge on any atom is -0.479 e. The van der Waals surface area contributed by atoms with Crippen molar-refractivity contribution >= 4 is 32.6 Å². The Kier molecular flexibility index (Phi) is 5.99. The maximum absolute atomic E-state index is 13.5. The van der Waals surface area contributed by atoms with E-state index in [2.05, 4.69) is 4.98 Å². The highest BCUT2D eigenvalue weighted by Crippen LogP contribution is 2.34. The molecule has 6 atom stereocenters. The van der Waals surface area contributed by atoms with Gasteiger partial charge in [0.1, 0.15) is 30.1 Å². The average molecular weight is 478 g/mol. The van der Waals surface area contributed by atoms with E-state index in [0.717, 1.165) is 8.61 Å². The number of aliphatic hydroxyl groups excluding tert-OH is 3. The van der Waals surface area contributed by atoms with E-state index in [1.165, 1.54) is 12.3 Å². The molecule has 12 nitrogen and oxygen atoms in total. The Morgan fingerprint density at radius 2 is 1.91 bits per heavy atom. The summed E-state index contributed by atoms with van der Waals surface area (Å²) in [6, 6.07) is 8.31. The molecule has 0 spiro atoms. The number of carboxylic acid groups (broad SMARTS) is 1. The van der Waals surface area contributed by atoms with Crippen molar-refractivity contribution in [3.63, 3.8) is 0 Å². The molecule has 0 saturated carbocycles. The predicted octanol–water partition coefficient (Wildman–Crippen LogP) is -0.998. The summed E-state index contributed by atoms with van der Waals surface area (Å²) >= 11 is 0. The van der Waals surface area contributed by atoms with Crippen LogP contribution in [0.3, 0.4) is 0 Å². The zero-order valence-electron chi connectivity index (χ0n) is 17.4. The highest BCUT2D eigenvalue weighted by molar-refractivity contribution is 7.90. The number of pyridine rings is 1. The third-order valence-electron chi connectivity index (χ3n) is 5.80. The standard InChI is InChI=1S/C20H22N4O8S/c1-10-8-23(12-2-3-13-11(6-12)4-5-22-14(13)7-21)33(30,31)24(9-10)19-17(27)15(25)16(26)18(32-19)20(28)29/h2-6,10,15-19,25-27H,8-9H2,1H3,(H,28,29)/t10-,15?,16-,17+,18-,19+/m0/s1. The second-order valence-electron chi connectivity index (χ2n) is 8.15. The minimum atomic E-state index is -4.34. The van der Waals surface area contributed by atoms with Crippen LogP contribution >= 0.6 is 0 Å². The number of nitrogens with zero attached hydrogens (tertiary/aromatic N) is 4. The molecule has 4 N–H and O–H groups in total. The van der Waals surface area contributed by atoms with Crippen LogP contribution in [0.4, 0.5) is 5.69 Å². The van der Waals surface area contributed by atoms with Gasteiger partial charge in [0.05, 0.1) is 5.69 Å². The third-order valence-corrected chi connectivity index (χ3v) is 7.67. The summed E-state index contributed by atoms with van der Waals surface area (Å²) < 4.78 is 34.2. The summed E-state index contributed by atoms with van der Waals surface area (Å²) in [5, 5.41) is 50.2. The lowest BCUT2D eigenvalue weighted by atomic mass is 9.97. The van der Waals surface area contributed by atoms with Crippen LogP contribution in [0, 0.1) is 17.2 Å². The Morgan fingerprint density at radius 3 is 2.58 bits per heavy atom. The fourth-order valence-corrected chi connectivity index (χ4v) is 6.11. The average Bonchev–Trinajstić information content (AvgIpc) is 2.78. The van der Waals surface area contributed by atoms with Crippen LogP contribution < -0.4 is 4.31 Å². The number of aliphatic carboxylic acids is 1. The Bertz CT molecular complexity index is 1230. The van der Waals surface area contributed by atoms with Gasteiger partial charge in [-0.2, -0.15) is 18.0 Å². The highest BCUT2D eigenvalue weighted by atomic mass is 32.2. The van der Waals surface area contributed by atoms with Crippen molar-refractivity contribution in [1.29, 1.82) is 5.26 Å². The summed E-state index contributed by atoms with van der Waals surface area (Å²) in [5.74, 6) is -1.87. The van der Waals surface area contributed by atoms with Gasteiger partial charge in [-0.25, -0.2) is 9.78 Å². The Hall–Kier alpha value is -2.86. The van der Waals surface area contributed by atoms with Gasteiger partial charge < -0.3 is 25.2 Å². The summed E-state index contributed by atoms with van der Waals surface area (Å²) in [7, 11) is -4.34. The zero-order valence-corrected chi connectivity index (χ0v) is 18.2. The molecule has 3 heterocycles. The van der Waals surface area contributed by atoms with Gasteiger partial charge in [-0.3, -0.25) is 4.31 Å². The number of fused-ring (bicyclic) bond motifs is 1. The first-order chi connectivity index (χ1) is 15.6. The molecule has 0 amide bonds. The van der Waals surface area contributed by atoms with Crippen LogP contribution in [-0.4, -0.2) is 87.8 Å². The van der Waals surface area contributed by atoms with E-state index >= 15 is 0 Å². The Labute approximate surface area is 189 Å². The van der Waals surface area contributed by atoms with Gasteiger partial charge in [0.25, 0.3) is 0 Å². The molecule has 176 valence electrons. The minimum absolute atomic E-state index is 0.0941. The molecule has 2 aromatic rings. The molecule has 1 aromatic heterocycles. The van der Waals surface area contributed by atoms with Crippen LogP contribution in [0.1, 0.15) is 12.6 Å². The van der Waals surface area contributed by atoms with Crippen molar-refractivity contribution in [3.05, 3.63) is 36.2 Å². The van der Waals surface area contributed by atoms with E-state index < -0.39 is 46.8 Å². The Morgan fingerprint density at radius 1 is 1.18 bits per heavy atom. The molecule has 2 aliphatic rings. The third kappa shape index (κ3) is 3.90. The summed E-state index contributed by atoms with van der Waals surface area (Å²) in [4.78, 5) is 15.4. The lowest BCUT2D eigenvalue weighted by Gasteiger charge is -2.47. The molecule has 4 rings (SSSR count). The van der Waals surface area contributed by atoms with E-state index in [0.29, 0.717) is 10.8 Å². The molecular formula is C20H22N4O8S. The number of aromatic nitrogens is 1. The van der Waals surface area contributed by atoms with Gasteiger partial charge in [-0.05, 0) is 35.6 Å². The number of carbonyl (C=O) groups is 1. The van der Waals surface area contributed by atoms with Gasteiger partial charge in [-0.15, -0.1) is 0 Å². The van der Waals surface area contributed by atoms with Crippen molar-refractivity contribution in [2.45, 2.75) is 37.6 Å². The molecule has 0 radical (unpaired) electrons. The number of carboxylic acids is 1. The molecule has 1 unspecified atom stereocenters. The first kappa shape index (κ1) is 23.3. The van der Waals surface area contributed by atoms with Crippen molar-refractivity contribution < 1.29 is 38.4 Å². The predicted molar refractivity (Wildman–Crippen MR) is 113 cm³/mol. The van der Waals surface area contributed by atoms with Gasteiger partial charge in [0.2, 0.25) is 0 Å². The van der Waals surface area contributed by atoms with Crippen molar-refractivity contribution in [1.82, 2.24) is 9.29 Å². The van der Waals surface area contributed by atoms with Crippen molar-refractivity contribution in [3.8, 4) is 6.07 Å². The largest absolute Gasteiger partial charge is 0.479 e. The van der Waals surface area contributed by atoms with E-state index in [1.807, 2.05) is 6.07 Å². The smallest absolute Gasteiger partial charge is 0.335 e. The number of rotatable bonds is 3. The lowest BCUT2D eigenvalue weighted by molar-refractivity contribution is -0.249. The monoisotopic (exact) mass is 478 g/mol. The van der Waals surface area contributed by atoms with Crippen molar-refractivity contribution in [2.75, 3.05) is 17.4 Å². The second kappa shape index (κ2) is 8.49. The number of anilines is 1. The topological polar surface area (TPSA) is 185 Å². The molecule has 0 bridgehead atoms. The SMILES string of the molecule is C[C@H]1CN(c2ccc3c(C#N)nccc3c2)S(=O)(=O)N([C@@H]2O[C@H](C(=O)O)[C@@H](O)C(O)[C@H]2O)C1. The zero-order chi connectivity index (χ0) is 24.1. The lowest BCUT2D eigenvalue weighted by Crippen LogP contribution is -2.68. The van der Waals surface area contributed by atoms with Gasteiger partial charge >= 0.3 is 16.2 Å². The fourth-order valence-electron chi connectivity index (χ4n) is 4.15. The van der Waals surface area contributed by atoms with E-state index in [4.69, 9.17) is 4.74 Å². The van der Waals surface area contributed by atoms with Crippen LogP contribution in [0.2, 0.25) is 0 Å². The first-order valence-corrected chi connectivity index (χ1v) is 11.5. The van der Waals surface area contributed by atoms with E-state index in [-0.39, 0.29) is 30.4 Å². The van der Waals surface area contributed by atoms with Gasteiger partial charge in [-0.1, -0.05) is 6.92 Å². The number of nitriles is 1. The quantitative estimate of drug-likeness (QED) is 0.427. The van der Waals surface area contributed by atoms with Crippen molar-refractivity contribution in [2.24, 2.45) is 5.92 Å². The maximum atomic E-state index is 13.5. The van der Waals surface area contributed by atoms with Crippen LogP contribution in [0.5, 0.6) is 0 Å². The first-order valence-electron chi connectivity index (χ1n) is 10.1. The number of aliphatic hydroxyl groups is 3. The summed E-state index contributed by atoms with van der Waals surface area (Å²) in [6.45, 7) is 1.76. The fraction of sp³-hybridized carbons (Fsp3) is 0.450. The molecule has 2 saturated heterocycles. The molecule has 2 fully saturated rings. The normalized spacial score (nSPS) is 32.4. The maximum Gasteiger partial charge on any atom is 0.335 e. The summed E-state index contributed by atoms with van der Waals surface area (Å²) in [6.07, 6.45) is -7.95. The molecule has 2 aliphatic heterocycles. The number of benzene rings is 1. The number of ether oxygens (including phenoxy) is 1. The van der Waals surface area contributed by atoms with Gasteiger partial charge in [0, 0.05) is 24.7 Å². The molecular weight excluding hydrogens is 456 g/mol. The summed E-state index contributed by atoms with van der Waals surface area (Å²) in [5.41, 5.74) is 0.483. The van der Waals surface area contributed by atoms with Crippen LogP contribution in [-0.2, 0) is 19.7 Å². The van der Waals surface area contributed by atoms with Gasteiger partial charge in [0.15, 0.2) is 12.3 Å². The Balaban J connectivity index is 1.74. The van der Waals surface area contributed by atoms with E-state index in [9.17, 15) is 38.9 Å².